The minimum Gasteiger partial charge on any atom is -0.489 e. The van der Waals surface area contributed by atoms with Crippen molar-refractivity contribution in [2.45, 2.75) is 13.1 Å². The molecule has 29 heavy (non-hydrogen) atoms. The quantitative estimate of drug-likeness (QED) is 0.409. The number of nitrogens with one attached hydrogen (secondary N) is 1. The highest BCUT2D eigenvalue weighted by Gasteiger charge is 2.35. The number of benzene rings is 1. The van der Waals surface area contributed by atoms with Gasteiger partial charge in [0, 0.05) is 24.9 Å². The first-order chi connectivity index (χ1) is 13.4. The van der Waals surface area contributed by atoms with E-state index in [2.05, 4.69) is 12.1 Å². The van der Waals surface area contributed by atoms with Gasteiger partial charge in [-0.15, -0.1) is 0 Å². The second-order valence-corrected chi connectivity index (χ2v) is 6.26. The number of alkyl halides is 3. The maximum absolute atomic E-state index is 14.4. The maximum atomic E-state index is 14.4. The first kappa shape index (κ1) is 22.5. The lowest BCUT2D eigenvalue weighted by molar-refractivity contribution is -0.144. The molecule has 12 heteroatoms. The fourth-order valence-electron chi connectivity index (χ4n) is 2.29. The summed E-state index contributed by atoms with van der Waals surface area (Å²) in [5.41, 5.74) is -1.78. The summed E-state index contributed by atoms with van der Waals surface area (Å²) < 4.78 is 59.0. The number of hydroxylamine groups is 1. The second-order valence-electron chi connectivity index (χ2n) is 5.86. The van der Waals surface area contributed by atoms with Crippen molar-refractivity contribution >= 4 is 11.6 Å². The van der Waals surface area contributed by atoms with E-state index in [0.29, 0.717) is 5.70 Å². The highest BCUT2D eigenvalue weighted by Crippen LogP contribution is 2.30. The van der Waals surface area contributed by atoms with Crippen LogP contribution in [0.25, 0.3) is 5.69 Å². The zero-order valence-electron chi connectivity index (χ0n) is 15.3. The van der Waals surface area contributed by atoms with E-state index in [9.17, 15) is 27.2 Å². The SMILES string of the molecule is C=C(C)NOCCOc1cc(-n2c(=O)cc(C(F)(F)F)n(C)c2=O)c(F)cc1Cl. The molecule has 7 nitrogen and oxygen atoms in total. The van der Waals surface area contributed by atoms with Gasteiger partial charge in [-0.05, 0) is 13.0 Å². The van der Waals surface area contributed by atoms with Crippen molar-refractivity contribution in [3.05, 3.63) is 67.8 Å². The molecule has 0 saturated heterocycles. The Labute approximate surface area is 166 Å². The summed E-state index contributed by atoms with van der Waals surface area (Å²) in [7, 11) is 0.818. The van der Waals surface area contributed by atoms with Crippen molar-refractivity contribution in [1.29, 1.82) is 0 Å². The average Bonchev–Trinajstić information content (AvgIpc) is 2.59. The molecule has 0 atom stereocenters. The van der Waals surface area contributed by atoms with Gasteiger partial charge in [-0.3, -0.25) is 19.7 Å². The minimum atomic E-state index is -4.93. The molecule has 1 heterocycles. The van der Waals surface area contributed by atoms with Gasteiger partial charge in [0.15, 0.2) is 0 Å². The predicted octanol–water partition coefficient (Wildman–Crippen LogP) is 2.78. The summed E-state index contributed by atoms with van der Waals surface area (Å²) >= 11 is 5.89. The largest absolute Gasteiger partial charge is 0.489 e. The van der Waals surface area contributed by atoms with Gasteiger partial charge in [-0.2, -0.15) is 13.2 Å². The van der Waals surface area contributed by atoms with Gasteiger partial charge in [-0.1, -0.05) is 18.2 Å². The minimum absolute atomic E-state index is 0.0396. The van der Waals surface area contributed by atoms with E-state index >= 15 is 0 Å². The van der Waals surface area contributed by atoms with Gasteiger partial charge >= 0.3 is 11.9 Å². The smallest absolute Gasteiger partial charge is 0.431 e. The molecule has 0 aliphatic heterocycles. The number of ether oxygens (including phenoxy) is 1. The van der Waals surface area contributed by atoms with Crippen molar-refractivity contribution in [3.8, 4) is 11.4 Å². The van der Waals surface area contributed by atoms with Crippen LogP contribution in [-0.4, -0.2) is 22.3 Å². The zero-order valence-corrected chi connectivity index (χ0v) is 16.0. The van der Waals surface area contributed by atoms with Crippen LogP contribution in [0.5, 0.6) is 5.75 Å². The lowest BCUT2D eigenvalue weighted by Crippen LogP contribution is -2.41. The summed E-state index contributed by atoms with van der Waals surface area (Å²) in [4.78, 5) is 29.4. The second kappa shape index (κ2) is 8.70. The summed E-state index contributed by atoms with van der Waals surface area (Å²) in [6, 6.07) is 1.93. The monoisotopic (exact) mass is 437 g/mol. The summed E-state index contributed by atoms with van der Waals surface area (Å²) in [5, 5.41) is -0.170. The van der Waals surface area contributed by atoms with Gasteiger partial charge < -0.3 is 4.74 Å². The molecule has 2 aromatic rings. The number of hydrogen-bond donors (Lipinski definition) is 1. The Bertz CT molecular complexity index is 1050. The van der Waals surface area contributed by atoms with Crippen molar-refractivity contribution in [2.24, 2.45) is 7.05 Å². The highest BCUT2D eigenvalue weighted by atomic mass is 35.5. The molecule has 1 aromatic carbocycles. The van der Waals surface area contributed by atoms with Crippen LogP contribution in [0.1, 0.15) is 12.6 Å². The molecular formula is C17H16ClF4N3O4. The molecular weight excluding hydrogens is 422 g/mol. The van der Waals surface area contributed by atoms with Crippen LogP contribution < -0.4 is 21.5 Å². The zero-order chi connectivity index (χ0) is 21.9. The van der Waals surface area contributed by atoms with Gasteiger partial charge in [0.2, 0.25) is 0 Å². The van der Waals surface area contributed by atoms with Crippen LogP contribution in [0.4, 0.5) is 17.6 Å². The first-order valence-corrected chi connectivity index (χ1v) is 8.37. The number of hydrogen-bond acceptors (Lipinski definition) is 5. The van der Waals surface area contributed by atoms with Crippen molar-refractivity contribution < 1.29 is 27.1 Å². The molecule has 0 aliphatic carbocycles. The summed E-state index contributed by atoms with van der Waals surface area (Å²) in [6.07, 6.45) is -4.93. The third-order valence-corrected chi connectivity index (χ3v) is 3.84. The molecule has 0 fully saturated rings. The fourth-order valence-corrected chi connectivity index (χ4v) is 2.49. The van der Waals surface area contributed by atoms with Crippen molar-refractivity contribution in [2.75, 3.05) is 13.2 Å². The number of allylic oxidation sites excluding steroid dienone is 1. The predicted molar refractivity (Wildman–Crippen MR) is 96.6 cm³/mol. The molecule has 0 amide bonds. The van der Waals surface area contributed by atoms with E-state index < -0.39 is 34.6 Å². The van der Waals surface area contributed by atoms with Gasteiger partial charge in [-0.25, -0.2) is 13.8 Å². The van der Waals surface area contributed by atoms with Crippen LogP contribution in [0, 0.1) is 5.82 Å². The van der Waals surface area contributed by atoms with Crippen LogP contribution in [-0.2, 0) is 18.1 Å². The van der Waals surface area contributed by atoms with E-state index in [4.69, 9.17) is 21.2 Å². The first-order valence-electron chi connectivity index (χ1n) is 7.99. The Morgan fingerprint density at radius 2 is 1.90 bits per heavy atom. The molecule has 2 rings (SSSR count). The maximum Gasteiger partial charge on any atom is 0.431 e. The number of aromatic nitrogens is 2. The van der Waals surface area contributed by atoms with Gasteiger partial charge in [0.25, 0.3) is 5.56 Å². The molecule has 1 N–H and O–H groups in total. The summed E-state index contributed by atoms with van der Waals surface area (Å²) in [5.74, 6) is -1.20. The number of nitrogens with zero attached hydrogens (tertiary/aromatic N) is 2. The van der Waals surface area contributed by atoms with Gasteiger partial charge in [0.05, 0.1) is 10.7 Å². The van der Waals surface area contributed by atoms with Crippen LogP contribution in [0.15, 0.2) is 40.1 Å². The molecule has 158 valence electrons. The van der Waals surface area contributed by atoms with E-state index in [1.807, 2.05) is 0 Å². The Hall–Kier alpha value is -2.79. The lowest BCUT2D eigenvalue weighted by Gasteiger charge is -2.15. The Kier molecular flexibility index (Phi) is 6.75. The van der Waals surface area contributed by atoms with Crippen LogP contribution in [0.3, 0.4) is 0 Å². The molecule has 0 aliphatic rings. The topological polar surface area (TPSA) is 74.5 Å². The van der Waals surface area contributed by atoms with E-state index in [1.54, 1.807) is 6.92 Å². The van der Waals surface area contributed by atoms with Gasteiger partial charge in [0.1, 0.15) is 30.5 Å². The normalized spacial score (nSPS) is 11.4. The summed E-state index contributed by atoms with van der Waals surface area (Å²) in [6.45, 7) is 5.20. The highest BCUT2D eigenvalue weighted by molar-refractivity contribution is 6.32. The fraction of sp³-hybridized carbons (Fsp3) is 0.294. The standard InChI is InChI=1S/C17H16ClF4N3O4/c1-9(2)23-29-5-4-28-13-7-12(11(19)6-10(13)18)25-15(26)8-14(17(20,21)22)24(3)16(25)27/h6-8,23H,1,4-5H2,2-3H3. The Balaban J connectivity index is 2.43. The molecule has 0 saturated carbocycles. The molecule has 0 radical (unpaired) electrons. The lowest BCUT2D eigenvalue weighted by atomic mass is 10.2. The van der Waals surface area contributed by atoms with Crippen molar-refractivity contribution in [1.82, 2.24) is 14.6 Å². The third-order valence-electron chi connectivity index (χ3n) is 3.54. The van der Waals surface area contributed by atoms with E-state index in [0.717, 1.165) is 19.2 Å². The Morgan fingerprint density at radius 3 is 2.48 bits per heavy atom. The molecule has 0 bridgehead atoms. The third kappa shape index (κ3) is 5.18. The Morgan fingerprint density at radius 1 is 1.24 bits per heavy atom. The number of halogens is 5. The molecule has 1 aromatic heterocycles. The average molecular weight is 438 g/mol. The van der Waals surface area contributed by atoms with E-state index in [1.165, 1.54) is 0 Å². The van der Waals surface area contributed by atoms with Crippen LogP contribution >= 0.6 is 11.6 Å². The molecule has 0 unspecified atom stereocenters. The number of rotatable bonds is 7. The van der Waals surface area contributed by atoms with Crippen molar-refractivity contribution in [3.63, 3.8) is 0 Å². The molecule has 0 spiro atoms. The van der Waals surface area contributed by atoms with E-state index in [-0.39, 0.29) is 39.2 Å². The van der Waals surface area contributed by atoms with Crippen LogP contribution in [0.2, 0.25) is 5.02 Å².